The second kappa shape index (κ2) is 7.20. The summed E-state index contributed by atoms with van der Waals surface area (Å²) in [6.45, 7) is 2.90. The first-order valence-corrected chi connectivity index (χ1v) is 10.1. The van der Waals surface area contributed by atoms with Gasteiger partial charge in [-0.3, -0.25) is 4.79 Å². The Morgan fingerprint density at radius 3 is 2.92 bits per heavy atom. The minimum atomic E-state index is -0.204. The lowest BCUT2D eigenvalue weighted by molar-refractivity contribution is -0.115. The van der Waals surface area contributed by atoms with Gasteiger partial charge in [-0.05, 0) is 62.3 Å². The number of benzene rings is 1. The highest BCUT2D eigenvalue weighted by Crippen LogP contribution is 2.28. The standard InChI is InChI=1S/C19H24N4OS/c1-13(25-19-22-21-17-8-3-2-4-11-23(17)19)18(24)20-16-10-9-14-6-5-7-15(14)12-16/h9-10,12-13H,2-8,11H2,1H3,(H,20,24)/t13-/m1/s1. The van der Waals surface area contributed by atoms with Crippen LogP contribution in [0.3, 0.4) is 0 Å². The first-order valence-electron chi connectivity index (χ1n) is 9.22. The SMILES string of the molecule is C[C@@H](Sc1nnc2n1CCCCC2)C(=O)Nc1ccc2c(c1)CCC2. The average Bonchev–Trinajstić information content (AvgIpc) is 3.15. The molecule has 2 aromatic rings. The van der Waals surface area contributed by atoms with Gasteiger partial charge in [-0.2, -0.15) is 0 Å². The molecule has 0 saturated heterocycles. The molecule has 1 amide bonds. The average molecular weight is 356 g/mol. The molecular weight excluding hydrogens is 332 g/mol. The molecule has 1 N–H and O–H groups in total. The molecule has 0 bridgehead atoms. The van der Waals surface area contributed by atoms with Crippen LogP contribution in [0.1, 0.15) is 49.6 Å². The Bertz CT molecular complexity index is 786. The summed E-state index contributed by atoms with van der Waals surface area (Å²) in [4.78, 5) is 12.6. The molecule has 1 aliphatic heterocycles. The normalized spacial score (nSPS) is 17.5. The second-order valence-corrected chi connectivity index (χ2v) is 8.26. The van der Waals surface area contributed by atoms with Crippen LogP contribution in [0.4, 0.5) is 5.69 Å². The zero-order valence-electron chi connectivity index (χ0n) is 14.6. The van der Waals surface area contributed by atoms with Gasteiger partial charge >= 0.3 is 0 Å². The maximum absolute atomic E-state index is 12.6. The molecule has 0 spiro atoms. The topological polar surface area (TPSA) is 59.8 Å². The summed E-state index contributed by atoms with van der Waals surface area (Å²) in [7, 11) is 0. The fraction of sp³-hybridized carbons (Fsp3) is 0.526. The fourth-order valence-corrected chi connectivity index (χ4v) is 4.54. The van der Waals surface area contributed by atoms with E-state index in [1.54, 1.807) is 0 Å². The molecule has 1 aliphatic carbocycles. The highest BCUT2D eigenvalue weighted by molar-refractivity contribution is 8.00. The highest BCUT2D eigenvalue weighted by atomic mass is 32.2. The van der Waals surface area contributed by atoms with Crippen LogP contribution in [0, 0.1) is 0 Å². The van der Waals surface area contributed by atoms with Crippen LogP contribution in [0.5, 0.6) is 0 Å². The molecule has 1 atom stereocenters. The number of thioether (sulfide) groups is 1. The number of hydrogen-bond donors (Lipinski definition) is 1. The van der Waals surface area contributed by atoms with Gasteiger partial charge in [-0.25, -0.2) is 0 Å². The molecule has 6 heteroatoms. The maximum atomic E-state index is 12.6. The summed E-state index contributed by atoms with van der Waals surface area (Å²) < 4.78 is 2.19. The number of carbonyl (C=O) groups is 1. The van der Waals surface area contributed by atoms with E-state index < -0.39 is 0 Å². The van der Waals surface area contributed by atoms with Crippen molar-refractivity contribution < 1.29 is 4.79 Å². The van der Waals surface area contributed by atoms with E-state index in [2.05, 4.69) is 32.2 Å². The molecule has 0 saturated carbocycles. The number of amides is 1. The number of fused-ring (bicyclic) bond motifs is 2. The molecule has 2 aliphatic rings. The maximum Gasteiger partial charge on any atom is 0.237 e. The third kappa shape index (κ3) is 3.59. The number of nitrogens with one attached hydrogen (secondary N) is 1. The summed E-state index contributed by atoms with van der Waals surface area (Å²) in [5.74, 6) is 1.08. The van der Waals surface area contributed by atoms with Gasteiger partial charge < -0.3 is 9.88 Å². The number of aromatic nitrogens is 3. The van der Waals surface area contributed by atoms with Crippen molar-refractivity contribution in [1.29, 1.82) is 0 Å². The quantitative estimate of drug-likeness (QED) is 0.850. The molecular formula is C19H24N4OS. The van der Waals surface area contributed by atoms with E-state index in [4.69, 9.17) is 0 Å². The van der Waals surface area contributed by atoms with E-state index in [0.29, 0.717) is 0 Å². The second-order valence-electron chi connectivity index (χ2n) is 6.95. The number of carbonyl (C=O) groups excluding carboxylic acids is 1. The Labute approximate surface area is 152 Å². The van der Waals surface area contributed by atoms with E-state index in [1.807, 2.05) is 13.0 Å². The van der Waals surface area contributed by atoms with Crippen molar-refractivity contribution in [3.05, 3.63) is 35.2 Å². The minimum Gasteiger partial charge on any atom is -0.325 e. The Balaban J connectivity index is 1.42. The molecule has 1 aromatic heterocycles. The van der Waals surface area contributed by atoms with E-state index in [9.17, 15) is 4.79 Å². The molecule has 0 unspecified atom stereocenters. The Morgan fingerprint density at radius 2 is 2.00 bits per heavy atom. The van der Waals surface area contributed by atoms with Gasteiger partial charge in [0.1, 0.15) is 5.82 Å². The Hall–Kier alpha value is -1.82. The predicted octanol–water partition coefficient (Wildman–Crippen LogP) is 3.61. The van der Waals surface area contributed by atoms with E-state index in [0.717, 1.165) is 48.9 Å². The van der Waals surface area contributed by atoms with E-state index >= 15 is 0 Å². The molecule has 2 heterocycles. The Morgan fingerprint density at radius 1 is 1.12 bits per heavy atom. The van der Waals surface area contributed by atoms with Crippen molar-refractivity contribution >= 4 is 23.4 Å². The zero-order chi connectivity index (χ0) is 17.2. The first-order chi connectivity index (χ1) is 12.2. The number of nitrogens with zero attached hydrogens (tertiary/aromatic N) is 3. The molecule has 5 nitrogen and oxygen atoms in total. The Kier molecular flexibility index (Phi) is 4.79. The summed E-state index contributed by atoms with van der Waals surface area (Å²) >= 11 is 1.50. The van der Waals surface area contributed by atoms with Crippen LogP contribution in [0.2, 0.25) is 0 Å². The van der Waals surface area contributed by atoms with Gasteiger partial charge in [-0.15, -0.1) is 10.2 Å². The third-order valence-corrected chi connectivity index (χ3v) is 6.17. The number of hydrogen-bond acceptors (Lipinski definition) is 4. The van der Waals surface area contributed by atoms with Gasteiger partial charge in [0.25, 0.3) is 0 Å². The van der Waals surface area contributed by atoms with Gasteiger partial charge in [0.2, 0.25) is 5.91 Å². The van der Waals surface area contributed by atoms with Gasteiger partial charge in [0.15, 0.2) is 5.16 Å². The summed E-state index contributed by atoms with van der Waals surface area (Å²) in [6.07, 6.45) is 8.07. The van der Waals surface area contributed by atoms with Crippen molar-refractivity contribution in [3.8, 4) is 0 Å². The molecule has 25 heavy (non-hydrogen) atoms. The van der Waals surface area contributed by atoms with Gasteiger partial charge in [0, 0.05) is 18.7 Å². The number of anilines is 1. The van der Waals surface area contributed by atoms with E-state index in [-0.39, 0.29) is 11.2 Å². The van der Waals surface area contributed by atoms with Crippen LogP contribution in [-0.2, 0) is 30.6 Å². The lowest BCUT2D eigenvalue weighted by atomic mass is 10.1. The molecule has 0 radical (unpaired) electrons. The largest absolute Gasteiger partial charge is 0.325 e. The van der Waals surface area contributed by atoms with Crippen LogP contribution < -0.4 is 5.32 Å². The summed E-state index contributed by atoms with van der Waals surface area (Å²) in [6, 6.07) is 6.29. The molecule has 0 fully saturated rings. The minimum absolute atomic E-state index is 0.0221. The molecule has 4 rings (SSSR count). The summed E-state index contributed by atoms with van der Waals surface area (Å²) in [5, 5.41) is 12.3. The zero-order valence-corrected chi connectivity index (χ0v) is 15.4. The third-order valence-electron chi connectivity index (χ3n) is 5.09. The van der Waals surface area contributed by atoms with Crippen molar-refractivity contribution in [2.24, 2.45) is 0 Å². The highest BCUT2D eigenvalue weighted by Gasteiger charge is 2.21. The van der Waals surface area contributed by atoms with Crippen molar-refractivity contribution in [1.82, 2.24) is 14.8 Å². The fourth-order valence-electron chi connectivity index (χ4n) is 3.65. The van der Waals surface area contributed by atoms with Crippen LogP contribution in [0.15, 0.2) is 23.4 Å². The predicted molar refractivity (Wildman–Crippen MR) is 100.0 cm³/mol. The smallest absolute Gasteiger partial charge is 0.237 e. The lowest BCUT2D eigenvalue weighted by Crippen LogP contribution is -2.23. The van der Waals surface area contributed by atoms with E-state index in [1.165, 1.54) is 42.2 Å². The number of rotatable bonds is 4. The molecule has 132 valence electrons. The van der Waals surface area contributed by atoms with Gasteiger partial charge in [-0.1, -0.05) is 24.2 Å². The van der Waals surface area contributed by atoms with Crippen molar-refractivity contribution in [2.75, 3.05) is 5.32 Å². The van der Waals surface area contributed by atoms with Gasteiger partial charge in [0.05, 0.1) is 5.25 Å². The lowest BCUT2D eigenvalue weighted by Gasteiger charge is -2.13. The van der Waals surface area contributed by atoms with Crippen LogP contribution >= 0.6 is 11.8 Å². The van der Waals surface area contributed by atoms with Crippen LogP contribution in [-0.4, -0.2) is 25.9 Å². The first kappa shape index (κ1) is 16.6. The monoisotopic (exact) mass is 356 g/mol. The number of aryl methyl sites for hydroxylation is 3. The molecule has 1 aromatic carbocycles. The van der Waals surface area contributed by atoms with Crippen molar-refractivity contribution in [2.45, 2.75) is 68.8 Å². The summed E-state index contributed by atoms with van der Waals surface area (Å²) in [5.41, 5.74) is 3.70. The van der Waals surface area contributed by atoms with Crippen molar-refractivity contribution in [3.63, 3.8) is 0 Å². The van der Waals surface area contributed by atoms with Crippen LogP contribution in [0.25, 0.3) is 0 Å².